The molecule has 0 radical (unpaired) electrons. The largest absolute Gasteiger partial charge is 0.356 e. The molecule has 0 spiro atoms. The number of halogens is 2. The smallest absolute Gasteiger partial charge is 0.191 e. The first kappa shape index (κ1) is 19.8. The maximum absolute atomic E-state index is 6.26. The van der Waals surface area contributed by atoms with Gasteiger partial charge in [0.25, 0.3) is 0 Å². The number of piperidine rings is 1. The van der Waals surface area contributed by atoms with Gasteiger partial charge in [0.05, 0.1) is 0 Å². The van der Waals surface area contributed by atoms with Crippen molar-refractivity contribution in [3.63, 3.8) is 0 Å². The van der Waals surface area contributed by atoms with E-state index >= 15 is 0 Å². The van der Waals surface area contributed by atoms with Crippen LogP contribution in [-0.2, 0) is 6.54 Å². The molecule has 2 fully saturated rings. The average molecular weight is 463 g/mol. The third-order valence-electron chi connectivity index (χ3n) is 4.76. The Balaban J connectivity index is 0.00000208. The van der Waals surface area contributed by atoms with Gasteiger partial charge in [0.15, 0.2) is 5.96 Å². The molecule has 1 aliphatic carbocycles. The maximum Gasteiger partial charge on any atom is 0.191 e. The second-order valence-electron chi connectivity index (χ2n) is 6.68. The number of rotatable bonds is 5. The van der Waals surface area contributed by atoms with Crippen LogP contribution in [0.2, 0.25) is 5.02 Å². The number of hydrogen-bond donors (Lipinski definition) is 2. The first-order valence-electron chi connectivity index (χ1n) is 8.67. The molecule has 1 aliphatic heterocycles. The van der Waals surface area contributed by atoms with Crippen molar-refractivity contribution in [3.05, 3.63) is 34.9 Å². The van der Waals surface area contributed by atoms with E-state index in [1.54, 1.807) is 0 Å². The van der Waals surface area contributed by atoms with Gasteiger partial charge in [-0.1, -0.05) is 29.8 Å². The van der Waals surface area contributed by atoms with Crippen LogP contribution in [0.4, 0.5) is 0 Å². The molecule has 1 saturated heterocycles. The molecule has 0 atom stereocenters. The summed E-state index contributed by atoms with van der Waals surface area (Å²) in [6, 6.07) is 8.82. The first-order chi connectivity index (χ1) is 11.2. The maximum atomic E-state index is 6.26. The van der Waals surface area contributed by atoms with Crippen molar-refractivity contribution in [2.75, 3.05) is 26.7 Å². The Labute approximate surface area is 167 Å². The minimum absolute atomic E-state index is 0. The predicted octanol–water partition coefficient (Wildman–Crippen LogP) is 3.50. The molecule has 0 unspecified atom stereocenters. The summed E-state index contributed by atoms with van der Waals surface area (Å²) in [5, 5.41) is 7.81. The minimum Gasteiger partial charge on any atom is -0.356 e. The third kappa shape index (κ3) is 6.08. The molecule has 24 heavy (non-hydrogen) atoms. The van der Waals surface area contributed by atoms with Gasteiger partial charge >= 0.3 is 0 Å². The highest BCUT2D eigenvalue weighted by atomic mass is 127. The molecule has 0 bridgehead atoms. The van der Waals surface area contributed by atoms with Crippen LogP contribution in [0.15, 0.2) is 29.3 Å². The van der Waals surface area contributed by atoms with Gasteiger partial charge in [-0.25, -0.2) is 0 Å². The summed E-state index contributed by atoms with van der Waals surface area (Å²) in [5.74, 6) is 1.70. The van der Waals surface area contributed by atoms with E-state index in [2.05, 4.69) is 32.7 Å². The molecule has 1 aromatic rings. The summed E-state index contributed by atoms with van der Waals surface area (Å²) < 4.78 is 0. The van der Waals surface area contributed by atoms with Crippen LogP contribution < -0.4 is 10.6 Å². The van der Waals surface area contributed by atoms with Gasteiger partial charge in [-0.3, -0.25) is 9.89 Å². The summed E-state index contributed by atoms with van der Waals surface area (Å²) in [7, 11) is 1.85. The Morgan fingerprint density at radius 1 is 1.21 bits per heavy atom. The lowest BCUT2D eigenvalue weighted by Crippen LogP contribution is -2.43. The average Bonchev–Trinajstić information content (AvgIpc) is 3.39. The van der Waals surface area contributed by atoms with E-state index in [9.17, 15) is 0 Å². The van der Waals surface area contributed by atoms with E-state index in [0.717, 1.165) is 43.1 Å². The van der Waals surface area contributed by atoms with Crippen LogP contribution in [-0.4, -0.2) is 43.6 Å². The zero-order valence-corrected chi connectivity index (χ0v) is 17.4. The lowest BCUT2D eigenvalue weighted by molar-refractivity contribution is 0.178. The van der Waals surface area contributed by atoms with Crippen molar-refractivity contribution in [1.29, 1.82) is 0 Å². The van der Waals surface area contributed by atoms with E-state index < -0.39 is 0 Å². The van der Waals surface area contributed by atoms with E-state index in [1.165, 1.54) is 31.2 Å². The van der Waals surface area contributed by atoms with Crippen molar-refractivity contribution in [1.82, 2.24) is 15.5 Å². The van der Waals surface area contributed by atoms with Crippen molar-refractivity contribution in [2.24, 2.45) is 10.9 Å². The zero-order valence-electron chi connectivity index (χ0n) is 14.3. The topological polar surface area (TPSA) is 39.7 Å². The Kier molecular flexibility index (Phi) is 8.10. The molecule has 4 nitrogen and oxygen atoms in total. The molecular formula is C18H28ClIN4. The van der Waals surface area contributed by atoms with Gasteiger partial charge in [-0.05, 0) is 56.3 Å². The molecule has 0 aromatic heterocycles. The van der Waals surface area contributed by atoms with Crippen LogP contribution in [0.1, 0.15) is 31.2 Å². The molecule has 3 rings (SSSR count). The number of hydrogen-bond acceptors (Lipinski definition) is 2. The summed E-state index contributed by atoms with van der Waals surface area (Å²) in [6.45, 7) is 4.27. The fourth-order valence-corrected chi connectivity index (χ4v) is 3.27. The lowest BCUT2D eigenvalue weighted by atomic mass is 9.96. The van der Waals surface area contributed by atoms with Crippen LogP contribution >= 0.6 is 35.6 Å². The van der Waals surface area contributed by atoms with Gasteiger partial charge in [0.2, 0.25) is 0 Å². The summed E-state index contributed by atoms with van der Waals surface area (Å²) in [6.07, 6.45) is 5.03. The van der Waals surface area contributed by atoms with Crippen LogP contribution in [0.25, 0.3) is 0 Å². The molecule has 1 aromatic carbocycles. The second kappa shape index (κ2) is 9.82. The van der Waals surface area contributed by atoms with Gasteiger partial charge in [0, 0.05) is 31.2 Å². The zero-order chi connectivity index (χ0) is 16.1. The second-order valence-corrected chi connectivity index (χ2v) is 7.09. The number of likely N-dealkylation sites (tertiary alicyclic amines) is 1. The molecule has 1 saturated carbocycles. The van der Waals surface area contributed by atoms with Gasteiger partial charge < -0.3 is 10.6 Å². The molecular weight excluding hydrogens is 435 g/mol. The fourth-order valence-electron chi connectivity index (χ4n) is 3.07. The van der Waals surface area contributed by atoms with Crippen molar-refractivity contribution in [2.45, 2.75) is 38.3 Å². The van der Waals surface area contributed by atoms with Gasteiger partial charge in [-0.15, -0.1) is 24.0 Å². The van der Waals surface area contributed by atoms with Crippen LogP contribution in [0, 0.1) is 5.92 Å². The Morgan fingerprint density at radius 3 is 2.54 bits per heavy atom. The Bertz CT molecular complexity index is 540. The Morgan fingerprint density at radius 2 is 1.92 bits per heavy atom. The number of nitrogens with one attached hydrogen (secondary N) is 2. The lowest BCUT2D eigenvalue weighted by Gasteiger charge is -2.32. The molecule has 6 heteroatoms. The SMILES string of the molecule is CN=C(NCC1CCN(Cc2ccccc2Cl)CC1)NC1CC1.I. The van der Waals surface area contributed by atoms with E-state index in [-0.39, 0.29) is 24.0 Å². The van der Waals surface area contributed by atoms with E-state index in [0.29, 0.717) is 6.04 Å². The highest BCUT2D eigenvalue weighted by molar-refractivity contribution is 14.0. The third-order valence-corrected chi connectivity index (χ3v) is 5.13. The number of benzene rings is 1. The first-order valence-corrected chi connectivity index (χ1v) is 9.05. The van der Waals surface area contributed by atoms with Gasteiger partial charge in [0.1, 0.15) is 0 Å². The molecule has 2 aliphatic rings. The summed E-state index contributed by atoms with van der Waals surface area (Å²) in [4.78, 5) is 6.81. The normalized spacial score (nSPS) is 19.7. The molecule has 1 heterocycles. The predicted molar refractivity (Wildman–Crippen MR) is 112 cm³/mol. The Hall–Kier alpha value is -0.530. The number of aliphatic imine (C=N–C) groups is 1. The number of guanidine groups is 1. The highest BCUT2D eigenvalue weighted by Gasteiger charge is 2.23. The van der Waals surface area contributed by atoms with Crippen LogP contribution in [0.3, 0.4) is 0 Å². The van der Waals surface area contributed by atoms with E-state index in [1.807, 2.05) is 19.2 Å². The van der Waals surface area contributed by atoms with Crippen LogP contribution in [0.5, 0.6) is 0 Å². The minimum atomic E-state index is 0. The summed E-state index contributed by atoms with van der Waals surface area (Å²) in [5.41, 5.74) is 1.24. The van der Waals surface area contributed by atoms with Crippen molar-refractivity contribution < 1.29 is 0 Å². The van der Waals surface area contributed by atoms with Gasteiger partial charge in [-0.2, -0.15) is 0 Å². The van der Waals surface area contributed by atoms with Crippen molar-refractivity contribution in [3.8, 4) is 0 Å². The molecule has 134 valence electrons. The quantitative estimate of drug-likeness (QED) is 0.400. The summed E-state index contributed by atoms with van der Waals surface area (Å²) >= 11 is 6.26. The monoisotopic (exact) mass is 462 g/mol. The van der Waals surface area contributed by atoms with Crippen molar-refractivity contribution >= 4 is 41.5 Å². The molecule has 0 amide bonds. The standard InChI is InChI=1S/C18H27ClN4.HI/c1-20-18(22-16-6-7-16)21-12-14-8-10-23(11-9-14)13-15-4-2-3-5-17(15)19;/h2-5,14,16H,6-13H2,1H3,(H2,20,21,22);1H. The highest BCUT2D eigenvalue weighted by Crippen LogP contribution is 2.22. The van der Waals surface area contributed by atoms with E-state index in [4.69, 9.17) is 11.6 Å². The fraction of sp³-hybridized carbons (Fsp3) is 0.611. The number of nitrogens with zero attached hydrogens (tertiary/aromatic N) is 2. The molecule has 2 N–H and O–H groups in total.